The molecule has 0 aliphatic carbocycles. The first-order valence-electron chi connectivity index (χ1n) is 7.09. The summed E-state index contributed by atoms with van der Waals surface area (Å²) in [5, 5.41) is 9.97. The standard InChI is InChI=1S/C15H19F4NO/c16-13-6-2-1-5-12(13)14(21)7-9-20-8-3-4-11(10-20)15(17,18)19/h1-2,5-6,11,14,21H,3-4,7-10H2. The Labute approximate surface area is 121 Å². The topological polar surface area (TPSA) is 23.5 Å². The second-order valence-electron chi connectivity index (χ2n) is 5.51. The molecule has 0 bridgehead atoms. The number of halogens is 4. The lowest BCUT2D eigenvalue weighted by atomic mass is 9.97. The van der Waals surface area contributed by atoms with Crippen LogP contribution in [0, 0.1) is 11.7 Å². The number of benzene rings is 1. The van der Waals surface area contributed by atoms with Crippen molar-refractivity contribution in [2.24, 2.45) is 5.92 Å². The molecule has 2 atom stereocenters. The fourth-order valence-corrected chi connectivity index (χ4v) is 2.73. The van der Waals surface area contributed by atoms with Gasteiger partial charge in [-0.1, -0.05) is 18.2 Å². The Balaban J connectivity index is 1.87. The van der Waals surface area contributed by atoms with Crippen molar-refractivity contribution in [3.8, 4) is 0 Å². The van der Waals surface area contributed by atoms with Crippen molar-refractivity contribution in [3.05, 3.63) is 35.6 Å². The van der Waals surface area contributed by atoms with Gasteiger partial charge < -0.3 is 10.0 Å². The summed E-state index contributed by atoms with van der Waals surface area (Å²) < 4.78 is 51.6. The fraction of sp³-hybridized carbons (Fsp3) is 0.600. The number of aliphatic hydroxyl groups excluding tert-OH is 1. The van der Waals surface area contributed by atoms with Gasteiger partial charge in [0.25, 0.3) is 0 Å². The molecule has 0 radical (unpaired) electrons. The van der Waals surface area contributed by atoms with Gasteiger partial charge in [0, 0.05) is 18.7 Å². The maximum absolute atomic E-state index is 13.5. The number of piperidine rings is 1. The molecule has 0 aromatic heterocycles. The van der Waals surface area contributed by atoms with Gasteiger partial charge in [0.1, 0.15) is 5.82 Å². The quantitative estimate of drug-likeness (QED) is 0.860. The van der Waals surface area contributed by atoms with E-state index < -0.39 is 24.0 Å². The molecule has 1 aliphatic rings. The van der Waals surface area contributed by atoms with Gasteiger partial charge in [0.05, 0.1) is 12.0 Å². The smallest absolute Gasteiger partial charge is 0.388 e. The Bertz CT molecular complexity index is 463. The van der Waals surface area contributed by atoms with Crippen LogP contribution in [0.5, 0.6) is 0 Å². The summed E-state index contributed by atoms with van der Waals surface area (Å²) in [5.41, 5.74) is 0.196. The minimum atomic E-state index is -4.16. The van der Waals surface area contributed by atoms with Crippen LogP contribution in [0.4, 0.5) is 17.6 Å². The molecule has 21 heavy (non-hydrogen) atoms. The maximum Gasteiger partial charge on any atom is 0.393 e. The Morgan fingerprint density at radius 2 is 2.00 bits per heavy atom. The van der Waals surface area contributed by atoms with E-state index in [1.165, 1.54) is 18.2 Å². The highest BCUT2D eigenvalue weighted by Gasteiger charge is 2.41. The Morgan fingerprint density at radius 1 is 1.29 bits per heavy atom. The summed E-state index contributed by atoms with van der Waals surface area (Å²) in [7, 11) is 0. The van der Waals surface area contributed by atoms with Crippen LogP contribution >= 0.6 is 0 Å². The van der Waals surface area contributed by atoms with E-state index in [0.29, 0.717) is 19.5 Å². The molecule has 1 heterocycles. The van der Waals surface area contributed by atoms with E-state index in [-0.39, 0.29) is 24.9 Å². The summed E-state index contributed by atoms with van der Waals surface area (Å²) >= 11 is 0. The predicted molar refractivity (Wildman–Crippen MR) is 71.2 cm³/mol. The predicted octanol–water partition coefficient (Wildman–Crippen LogP) is 3.52. The molecule has 118 valence electrons. The van der Waals surface area contributed by atoms with Crippen LogP contribution in [0.15, 0.2) is 24.3 Å². The van der Waals surface area contributed by atoms with E-state index in [1.54, 1.807) is 11.0 Å². The minimum Gasteiger partial charge on any atom is -0.388 e. The zero-order chi connectivity index (χ0) is 15.5. The second-order valence-corrected chi connectivity index (χ2v) is 5.51. The maximum atomic E-state index is 13.5. The molecule has 2 rings (SSSR count). The van der Waals surface area contributed by atoms with Gasteiger partial charge in [0.15, 0.2) is 0 Å². The SMILES string of the molecule is OC(CCN1CCCC(C(F)(F)F)C1)c1ccccc1F. The van der Waals surface area contributed by atoms with E-state index in [2.05, 4.69) is 0 Å². The second kappa shape index (κ2) is 6.75. The van der Waals surface area contributed by atoms with Crippen molar-refractivity contribution < 1.29 is 22.7 Å². The zero-order valence-corrected chi connectivity index (χ0v) is 11.6. The average Bonchev–Trinajstić information content (AvgIpc) is 2.45. The molecule has 0 spiro atoms. The van der Waals surface area contributed by atoms with Crippen LogP contribution in [0.2, 0.25) is 0 Å². The number of hydrogen-bond donors (Lipinski definition) is 1. The van der Waals surface area contributed by atoms with Gasteiger partial charge in [-0.2, -0.15) is 13.2 Å². The van der Waals surface area contributed by atoms with Crippen molar-refractivity contribution in [3.63, 3.8) is 0 Å². The molecular formula is C15H19F4NO. The highest BCUT2D eigenvalue weighted by molar-refractivity contribution is 5.19. The molecular weight excluding hydrogens is 286 g/mol. The average molecular weight is 305 g/mol. The number of likely N-dealkylation sites (tertiary alicyclic amines) is 1. The molecule has 1 aromatic rings. The highest BCUT2D eigenvalue weighted by Crippen LogP contribution is 2.33. The van der Waals surface area contributed by atoms with Gasteiger partial charge >= 0.3 is 6.18 Å². The van der Waals surface area contributed by atoms with Crippen molar-refractivity contribution in [2.45, 2.75) is 31.5 Å². The first kappa shape index (κ1) is 16.2. The number of hydrogen-bond acceptors (Lipinski definition) is 2. The molecule has 1 N–H and O–H groups in total. The lowest BCUT2D eigenvalue weighted by Gasteiger charge is -2.34. The highest BCUT2D eigenvalue weighted by atomic mass is 19.4. The summed E-state index contributed by atoms with van der Waals surface area (Å²) in [6, 6.07) is 5.92. The van der Waals surface area contributed by atoms with Crippen molar-refractivity contribution in [2.75, 3.05) is 19.6 Å². The van der Waals surface area contributed by atoms with Gasteiger partial charge in [0.2, 0.25) is 0 Å². The number of aliphatic hydroxyl groups is 1. The molecule has 2 nitrogen and oxygen atoms in total. The third-order valence-electron chi connectivity index (χ3n) is 3.95. The van der Waals surface area contributed by atoms with Crippen LogP contribution in [0.25, 0.3) is 0 Å². The monoisotopic (exact) mass is 305 g/mol. The van der Waals surface area contributed by atoms with Crippen LogP contribution in [-0.4, -0.2) is 35.8 Å². The van der Waals surface area contributed by atoms with Crippen LogP contribution in [0.3, 0.4) is 0 Å². The first-order valence-corrected chi connectivity index (χ1v) is 7.09. The third-order valence-corrected chi connectivity index (χ3v) is 3.95. The van der Waals surface area contributed by atoms with Crippen LogP contribution in [0.1, 0.15) is 30.9 Å². The summed E-state index contributed by atoms with van der Waals surface area (Å²) in [5.74, 6) is -1.78. The van der Waals surface area contributed by atoms with Crippen LogP contribution in [-0.2, 0) is 0 Å². The molecule has 6 heteroatoms. The summed E-state index contributed by atoms with van der Waals surface area (Å²) in [6.07, 6.45) is -4.26. The molecule has 0 saturated carbocycles. The van der Waals surface area contributed by atoms with Crippen LogP contribution < -0.4 is 0 Å². The Morgan fingerprint density at radius 3 is 2.67 bits per heavy atom. The third kappa shape index (κ3) is 4.41. The van der Waals surface area contributed by atoms with E-state index in [1.807, 2.05) is 0 Å². The molecule has 1 aliphatic heterocycles. The molecule has 1 aromatic carbocycles. The minimum absolute atomic E-state index is 0.0342. The molecule has 1 saturated heterocycles. The summed E-state index contributed by atoms with van der Waals surface area (Å²) in [6.45, 7) is 0.895. The van der Waals surface area contributed by atoms with E-state index in [9.17, 15) is 22.7 Å². The molecule has 1 fully saturated rings. The lowest BCUT2D eigenvalue weighted by molar-refractivity contribution is -0.186. The van der Waals surface area contributed by atoms with Gasteiger partial charge in [-0.15, -0.1) is 0 Å². The molecule has 2 unspecified atom stereocenters. The number of nitrogens with zero attached hydrogens (tertiary/aromatic N) is 1. The Hall–Kier alpha value is -1.14. The van der Waals surface area contributed by atoms with E-state index in [0.717, 1.165) is 0 Å². The van der Waals surface area contributed by atoms with Gasteiger partial charge in [-0.25, -0.2) is 4.39 Å². The number of alkyl halides is 3. The number of rotatable bonds is 4. The fourth-order valence-electron chi connectivity index (χ4n) is 2.73. The van der Waals surface area contributed by atoms with Crippen molar-refractivity contribution in [1.29, 1.82) is 0 Å². The lowest BCUT2D eigenvalue weighted by Crippen LogP contribution is -2.42. The van der Waals surface area contributed by atoms with Gasteiger partial charge in [-0.3, -0.25) is 0 Å². The van der Waals surface area contributed by atoms with Crippen molar-refractivity contribution >= 4 is 0 Å². The normalized spacial score (nSPS) is 22.2. The summed E-state index contributed by atoms with van der Waals surface area (Å²) in [4.78, 5) is 1.70. The van der Waals surface area contributed by atoms with Crippen molar-refractivity contribution in [1.82, 2.24) is 4.90 Å². The van der Waals surface area contributed by atoms with Gasteiger partial charge in [-0.05, 0) is 31.9 Å². The van der Waals surface area contributed by atoms with E-state index in [4.69, 9.17) is 0 Å². The van der Waals surface area contributed by atoms with E-state index >= 15 is 0 Å². The first-order chi connectivity index (χ1) is 9.88. The molecule has 0 amide bonds. The largest absolute Gasteiger partial charge is 0.393 e. The Kier molecular flexibility index (Phi) is 5.22. The zero-order valence-electron chi connectivity index (χ0n) is 11.6.